The second kappa shape index (κ2) is 10.4. The predicted octanol–water partition coefficient (Wildman–Crippen LogP) is 8.03. The summed E-state index contributed by atoms with van der Waals surface area (Å²) in [7, 11) is 0. The molecule has 1 heterocycles. The van der Waals surface area contributed by atoms with Crippen LogP contribution in [0.25, 0.3) is 11.3 Å². The van der Waals surface area contributed by atoms with Gasteiger partial charge >= 0.3 is 5.97 Å². The third kappa shape index (κ3) is 5.19. The zero-order valence-electron chi connectivity index (χ0n) is 21.0. The van der Waals surface area contributed by atoms with Gasteiger partial charge in [-0.15, -0.1) is 5.10 Å². The molecule has 37 heavy (non-hydrogen) atoms. The molecule has 0 saturated heterocycles. The molecule has 1 aromatic heterocycles. The van der Waals surface area contributed by atoms with Gasteiger partial charge in [0.1, 0.15) is 23.7 Å². The highest BCUT2D eigenvalue weighted by molar-refractivity contribution is 6.39. The van der Waals surface area contributed by atoms with Crippen molar-refractivity contribution in [3.05, 3.63) is 98.1 Å². The Bertz CT molecular complexity index is 1490. The van der Waals surface area contributed by atoms with Gasteiger partial charge in [-0.1, -0.05) is 64.3 Å². The van der Waals surface area contributed by atoms with Crippen molar-refractivity contribution in [1.82, 2.24) is 15.0 Å². The number of carbonyl (C=O) groups is 1. The van der Waals surface area contributed by atoms with Gasteiger partial charge < -0.3 is 9.84 Å². The van der Waals surface area contributed by atoms with Gasteiger partial charge in [-0.2, -0.15) is 0 Å². The zero-order chi connectivity index (χ0) is 27.1. The maximum Gasteiger partial charge on any atom is 0.335 e. The summed E-state index contributed by atoms with van der Waals surface area (Å²) in [5, 5.41) is 19.0. The van der Waals surface area contributed by atoms with Crippen molar-refractivity contribution in [2.24, 2.45) is 0 Å². The maximum absolute atomic E-state index is 11.1. The maximum atomic E-state index is 11.1. The van der Waals surface area contributed by atoms with Crippen LogP contribution in [0.15, 0.2) is 60.7 Å². The molecule has 6 nitrogen and oxygen atoms in total. The van der Waals surface area contributed by atoms with E-state index in [9.17, 15) is 4.79 Å². The lowest BCUT2D eigenvalue weighted by molar-refractivity contribution is 0.0697. The van der Waals surface area contributed by atoms with Crippen LogP contribution in [0.5, 0.6) is 5.75 Å². The normalized spacial score (nSPS) is 17.9. The number of aromatic nitrogens is 3. The quantitative estimate of drug-likeness (QED) is 0.237. The molecule has 5 rings (SSSR count). The van der Waals surface area contributed by atoms with Crippen molar-refractivity contribution < 1.29 is 16.0 Å². The lowest BCUT2D eigenvalue weighted by Gasteiger charge is -2.14. The van der Waals surface area contributed by atoms with E-state index in [0.717, 1.165) is 17.5 Å². The van der Waals surface area contributed by atoms with Crippen LogP contribution in [0.1, 0.15) is 66.7 Å². The Morgan fingerprint density at radius 2 is 1.78 bits per heavy atom. The number of benzene rings is 3. The lowest BCUT2D eigenvalue weighted by atomic mass is 10.0. The zero-order valence-corrected chi connectivity index (χ0v) is 22.3. The van der Waals surface area contributed by atoms with Gasteiger partial charge in [-0.25, -0.2) is 9.48 Å². The van der Waals surface area contributed by atoms with Crippen LogP contribution < -0.4 is 4.74 Å². The molecule has 1 N–H and O–H groups in total. The number of ether oxygens (including phenoxy) is 1. The topological polar surface area (TPSA) is 77.2 Å². The Labute approximate surface area is 231 Å². The molecule has 0 spiro atoms. The van der Waals surface area contributed by atoms with Crippen LogP contribution in [0.3, 0.4) is 0 Å². The molecule has 0 aliphatic heterocycles. The highest BCUT2D eigenvalue weighted by Gasteiger charge is 2.40. The molecule has 3 atom stereocenters. The Morgan fingerprint density at radius 1 is 1.08 bits per heavy atom. The van der Waals surface area contributed by atoms with E-state index in [1.807, 2.05) is 32.0 Å². The van der Waals surface area contributed by atoms with Crippen LogP contribution in [-0.2, 0) is 6.58 Å². The van der Waals surface area contributed by atoms with Crippen LogP contribution in [0.4, 0.5) is 0 Å². The van der Waals surface area contributed by atoms with Crippen molar-refractivity contribution in [2.75, 3.05) is 0 Å². The van der Waals surface area contributed by atoms with Crippen molar-refractivity contribution in [1.29, 1.82) is 0 Å². The van der Waals surface area contributed by atoms with E-state index < -0.39 is 12.6 Å². The van der Waals surface area contributed by atoms with Gasteiger partial charge in [0.05, 0.1) is 17.0 Å². The first kappa shape index (κ1) is 24.3. The number of halogens is 3. The first-order valence-corrected chi connectivity index (χ1v) is 12.9. The molecule has 0 bridgehead atoms. The van der Waals surface area contributed by atoms with E-state index in [0.29, 0.717) is 37.8 Å². The molecule has 1 fully saturated rings. The number of carboxylic acids is 1. The summed E-state index contributed by atoms with van der Waals surface area (Å²) in [5.41, 5.74) is 3.68. The Hall–Kier alpha value is -3.06. The Kier molecular flexibility index (Phi) is 6.80. The van der Waals surface area contributed by atoms with Crippen molar-refractivity contribution >= 4 is 40.8 Å². The van der Waals surface area contributed by atoms with Crippen LogP contribution in [-0.4, -0.2) is 26.1 Å². The average Bonchev–Trinajstić information content (AvgIpc) is 3.53. The number of nitrogens with zero attached hydrogens (tertiary/aromatic N) is 3. The molecule has 0 amide bonds. The molecule has 3 unspecified atom stereocenters. The molecule has 0 radical (unpaired) electrons. The minimum atomic E-state index is -1.17. The summed E-state index contributed by atoms with van der Waals surface area (Å²) in [6, 6.07) is 17.5. The lowest BCUT2D eigenvalue weighted by Crippen LogP contribution is -2.11. The molecular weight excluding hydrogens is 533 g/mol. The number of aromatic carboxylic acids is 1. The van der Waals surface area contributed by atoms with Gasteiger partial charge in [0.2, 0.25) is 0 Å². The van der Waals surface area contributed by atoms with Gasteiger partial charge in [0, 0.05) is 16.6 Å². The standard InChI is InChI=1S/C28H24Cl3N3O3/c1-15(2)34-25(27(32-33-34)26-22(29)4-3-5-23(26)30)14-37-18-10-11-19(24(31)12-18)21-13-20(21)16-6-8-17(9-7-16)28(35)36/h3-12,15,20-21H,13-14H2,1-2H3,(H,35,36)/i14D. The monoisotopic (exact) mass is 556 g/mol. The fourth-order valence-corrected chi connectivity index (χ4v) is 5.37. The fourth-order valence-electron chi connectivity index (χ4n) is 4.48. The van der Waals surface area contributed by atoms with Crippen LogP contribution in [0.2, 0.25) is 15.1 Å². The average molecular weight is 558 g/mol. The first-order chi connectivity index (χ1) is 18.2. The minimum absolute atomic E-state index is 0.0775. The predicted molar refractivity (Wildman–Crippen MR) is 145 cm³/mol. The summed E-state index contributed by atoms with van der Waals surface area (Å²) in [4.78, 5) is 11.1. The second-order valence-corrected chi connectivity index (χ2v) is 10.5. The van der Waals surface area contributed by atoms with Gasteiger partial charge in [-0.05, 0) is 79.6 Å². The third-order valence-electron chi connectivity index (χ3n) is 6.47. The van der Waals surface area contributed by atoms with Crippen LogP contribution >= 0.6 is 34.8 Å². The number of carboxylic acid groups (broad SMARTS) is 1. The van der Waals surface area contributed by atoms with E-state index in [1.165, 1.54) is 0 Å². The molecule has 3 aromatic carbocycles. The minimum Gasteiger partial charge on any atom is -0.487 e. The van der Waals surface area contributed by atoms with Crippen molar-refractivity contribution in [3.63, 3.8) is 0 Å². The number of hydrogen-bond acceptors (Lipinski definition) is 4. The van der Waals surface area contributed by atoms with E-state index in [-0.39, 0.29) is 23.4 Å². The Morgan fingerprint density at radius 3 is 2.41 bits per heavy atom. The third-order valence-corrected chi connectivity index (χ3v) is 7.43. The molecule has 1 aliphatic rings. The summed E-state index contributed by atoms with van der Waals surface area (Å²) in [5.74, 6) is 0.0130. The van der Waals surface area contributed by atoms with E-state index in [4.69, 9.17) is 46.0 Å². The van der Waals surface area contributed by atoms with Gasteiger partial charge in [0.15, 0.2) is 0 Å². The van der Waals surface area contributed by atoms with E-state index >= 15 is 0 Å². The van der Waals surface area contributed by atoms with Gasteiger partial charge in [-0.3, -0.25) is 0 Å². The number of hydrogen-bond donors (Lipinski definition) is 1. The molecule has 190 valence electrons. The SMILES string of the molecule is [2H]C(Oc1ccc(C2CC2c2ccc(C(=O)O)cc2)c(Cl)c1)c1c(-c2c(Cl)cccc2Cl)nnn1C(C)C. The smallest absolute Gasteiger partial charge is 0.335 e. The fraction of sp³-hybridized carbons (Fsp3) is 0.250. The van der Waals surface area contributed by atoms with Crippen molar-refractivity contribution in [2.45, 2.75) is 44.7 Å². The first-order valence-electron chi connectivity index (χ1n) is 12.3. The molecular formula is C28H24Cl3N3O3. The van der Waals surface area contributed by atoms with E-state index in [1.54, 1.807) is 47.1 Å². The van der Waals surface area contributed by atoms with Crippen molar-refractivity contribution in [3.8, 4) is 17.0 Å². The summed E-state index contributed by atoms with van der Waals surface area (Å²) in [6.45, 7) is 2.71. The van der Waals surface area contributed by atoms with E-state index in [2.05, 4.69) is 10.3 Å². The second-order valence-electron chi connectivity index (χ2n) is 9.25. The summed E-state index contributed by atoms with van der Waals surface area (Å²) < 4.78 is 16.5. The van der Waals surface area contributed by atoms with Gasteiger partial charge in [0.25, 0.3) is 0 Å². The highest BCUT2D eigenvalue weighted by atomic mass is 35.5. The highest BCUT2D eigenvalue weighted by Crippen LogP contribution is 2.56. The molecule has 1 saturated carbocycles. The molecule has 9 heteroatoms. The summed E-state index contributed by atoms with van der Waals surface area (Å²) in [6.07, 6.45) is 0.925. The molecule has 4 aromatic rings. The Balaban J connectivity index is 1.37. The largest absolute Gasteiger partial charge is 0.487 e. The number of rotatable bonds is 8. The summed E-state index contributed by atoms with van der Waals surface area (Å²) >= 11 is 19.5. The molecule has 1 aliphatic carbocycles. The van der Waals surface area contributed by atoms with Crippen LogP contribution in [0, 0.1) is 0 Å².